The summed E-state index contributed by atoms with van der Waals surface area (Å²) in [6.07, 6.45) is 0.515. The first-order valence-electron chi connectivity index (χ1n) is 8.97. The maximum absolute atomic E-state index is 12.1. The molecular formula is C19H30N4O3S. The average Bonchev–Trinajstić information content (AvgIpc) is 2.56. The van der Waals surface area contributed by atoms with E-state index in [1.54, 1.807) is 45.0 Å². The summed E-state index contributed by atoms with van der Waals surface area (Å²) < 4.78 is 5.18. The fourth-order valence-corrected chi connectivity index (χ4v) is 2.12. The largest absolute Gasteiger partial charge is 0.444 e. The van der Waals surface area contributed by atoms with Gasteiger partial charge in [0.25, 0.3) is 5.91 Å². The maximum atomic E-state index is 12.1. The van der Waals surface area contributed by atoms with Crippen LogP contribution in [0.1, 0.15) is 57.0 Å². The molecule has 2 amide bonds. The number of hydrogen-bond donors (Lipinski definition) is 4. The van der Waals surface area contributed by atoms with Gasteiger partial charge >= 0.3 is 6.09 Å². The molecule has 1 aromatic rings. The molecule has 0 atom stereocenters. The van der Waals surface area contributed by atoms with Crippen LogP contribution in [0.2, 0.25) is 0 Å². The van der Waals surface area contributed by atoms with Crippen LogP contribution in [0.3, 0.4) is 0 Å². The molecule has 1 aromatic carbocycles. The molecule has 0 aliphatic rings. The number of alkyl carbamates (subject to hydrolysis) is 1. The van der Waals surface area contributed by atoms with Crippen LogP contribution in [0, 0.1) is 5.92 Å². The molecule has 0 aliphatic heterocycles. The number of nitrogens with one attached hydrogen (secondary N) is 4. The summed E-state index contributed by atoms with van der Waals surface area (Å²) in [6, 6.07) is 6.90. The van der Waals surface area contributed by atoms with Crippen LogP contribution >= 0.6 is 12.2 Å². The second kappa shape index (κ2) is 10.7. The lowest BCUT2D eigenvalue weighted by Gasteiger charge is -2.19. The topological polar surface area (TPSA) is 91.5 Å². The number of thiocarbonyl (C=S) groups is 1. The Morgan fingerprint density at radius 2 is 1.70 bits per heavy atom. The number of benzene rings is 1. The third kappa shape index (κ3) is 10.4. The highest BCUT2D eigenvalue weighted by molar-refractivity contribution is 7.80. The average molecular weight is 395 g/mol. The van der Waals surface area contributed by atoms with Crippen LogP contribution in [-0.4, -0.2) is 29.3 Å². The predicted octanol–water partition coefficient (Wildman–Crippen LogP) is 2.87. The first-order chi connectivity index (χ1) is 12.6. The van der Waals surface area contributed by atoms with Crippen LogP contribution in [0.5, 0.6) is 0 Å². The van der Waals surface area contributed by atoms with E-state index in [0.29, 0.717) is 23.1 Å². The van der Waals surface area contributed by atoms with Crippen LogP contribution in [0.4, 0.5) is 4.79 Å². The van der Waals surface area contributed by atoms with Crippen LogP contribution in [0.15, 0.2) is 24.3 Å². The van der Waals surface area contributed by atoms with Gasteiger partial charge in [-0.05, 0) is 63.0 Å². The Morgan fingerprint density at radius 1 is 1.07 bits per heavy atom. The molecule has 0 heterocycles. The number of carbonyl (C=O) groups is 2. The fourth-order valence-electron chi connectivity index (χ4n) is 1.97. The molecule has 0 aliphatic carbocycles. The molecule has 0 saturated carbocycles. The van der Waals surface area contributed by atoms with E-state index in [2.05, 4.69) is 35.3 Å². The summed E-state index contributed by atoms with van der Waals surface area (Å²) in [5.41, 5.74) is 6.03. The lowest BCUT2D eigenvalue weighted by Crippen LogP contribution is -2.47. The molecule has 0 bridgehead atoms. The van der Waals surface area contributed by atoms with Gasteiger partial charge < -0.3 is 15.4 Å². The first kappa shape index (κ1) is 22.7. The Kier molecular flexibility index (Phi) is 9.00. The second-order valence-electron chi connectivity index (χ2n) is 7.57. The summed E-state index contributed by atoms with van der Waals surface area (Å²) in [5.74, 6) is 0.285. The summed E-state index contributed by atoms with van der Waals surface area (Å²) >= 11 is 5.10. The summed E-state index contributed by atoms with van der Waals surface area (Å²) in [5, 5.41) is 6.08. The van der Waals surface area contributed by atoms with Gasteiger partial charge in [0.1, 0.15) is 5.60 Å². The molecule has 4 N–H and O–H groups in total. The normalized spacial score (nSPS) is 10.9. The molecule has 7 nitrogen and oxygen atoms in total. The van der Waals surface area contributed by atoms with E-state index < -0.39 is 11.7 Å². The Labute approximate surface area is 166 Å². The van der Waals surface area contributed by atoms with E-state index in [1.807, 2.05) is 0 Å². The molecule has 150 valence electrons. The van der Waals surface area contributed by atoms with Crippen molar-refractivity contribution in [2.75, 3.05) is 6.54 Å². The quantitative estimate of drug-likeness (QED) is 0.438. The van der Waals surface area contributed by atoms with Crippen molar-refractivity contribution in [3.05, 3.63) is 35.4 Å². The smallest absolute Gasteiger partial charge is 0.407 e. The van der Waals surface area contributed by atoms with Crippen LogP contribution in [0.25, 0.3) is 0 Å². The van der Waals surface area contributed by atoms with Crippen LogP contribution < -0.4 is 21.5 Å². The van der Waals surface area contributed by atoms with Crippen molar-refractivity contribution >= 4 is 29.3 Å². The lowest BCUT2D eigenvalue weighted by molar-refractivity contribution is 0.0523. The molecule has 1 rings (SSSR count). The van der Waals surface area contributed by atoms with Gasteiger partial charge in [-0.3, -0.25) is 15.6 Å². The van der Waals surface area contributed by atoms with E-state index in [1.165, 1.54) is 0 Å². The Bertz CT molecular complexity index is 639. The van der Waals surface area contributed by atoms with Gasteiger partial charge in [-0.2, -0.15) is 0 Å². The van der Waals surface area contributed by atoms with Crippen molar-refractivity contribution in [1.82, 2.24) is 21.5 Å². The zero-order valence-corrected chi connectivity index (χ0v) is 17.5. The minimum Gasteiger partial charge on any atom is -0.444 e. The lowest BCUT2D eigenvalue weighted by atomic mass is 10.1. The van der Waals surface area contributed by atoms with Gasteiger partial charge in [0.05, 0.1) is 0 Å². The number of carbonyl (C=O) groups excluding carboxylic acids is 2. The summed E-state index contributed by atoms with van der Waals surface area (Å²) in [6.45, 7) is 10.7. The number of hydrazine groups is 1. The van der Waals surface area contributed by atoms with Crippen molar-refractivity contribution < 1.29 is 14.3 Å². The van der Waals surface area contributed by atoms with E-state index >= 15 is 0 Å². The molecular weight excluding hydrogens is 364 g/mol. The zero-order chi connectivity index (χ0) is 20.4. The SMILES string of the molecule is CC(C)CCNC(=S)NNC(=O)c1ccc(CNC(=O)OC(C)(C)C)cc1. The molecule has 0 aromatic heterocycles. The third-order valence-electron chi connectivity index (χ3n) is 3.35. The molecule has 0 fully saturated rings. The highest BCUT2D eigenvalue weighted by atomic mass is 32.1. The Hall–Kier alpha value is -2.35. The summed E-state index contributed by atoms with van der Waals surface area (Å²) in [4.78, 5) is 23.8. The standard InChI is InChI=1S/C19H30N4O3S/c1-13(2)10-11-20-17(27)23-22-16(24)15-8-6-14(7-9-15)12-21-18(25)26-19(3,4)5/h6-9,13H,10-12H2,1-5H3,(H,21,25)(H,22,24)(H2,20,23,27). The van der Waals surface area contributed by atoms with Crippen molar-refractivity contribution in [3.8, 4) is 0 Å². The summed E-state index contributed by atoms with van der Waals surface area (Å²) in [7, 11) is 0. The minimum absolute atomic E-state index is 0.297. The zero-order valence-electron chi connectivity index (χ0n) is 16.6. The highest BCUT2D eigenvalue weighted by Crippen LogP contribution is 2.08. The maximum Gasteiger partial charge on any atom is 0.407 e. The molecule has 8 heteroatoms. The molecule has 27 heavy (non-hydrogen) atoms. The van der Waals surface area contributed by atoms with Crippen molar-refractivity contribution in [3.63, 3.8) is 0 Å². The molecule has 0 radical (unpaired) electrons. The molecule has 0 spiro atoms. The second-order valence-corrected chi connectivity index (χ2v) is 7.98. The van der Waals surface area contributed by atoms with Gasteiger partial charge in [0, 0.05) is 18.7 Å². The number of rotatable bonds is 6. The van der Waals surface area contributed by atoms with E-state index in [4.69, 9.17) is 17.0 Å². The van der Waals surface area contributed by atoms with Crippen molar-refractivity contribution in [2.24, 2.45) is 5.92 Å². The first-order valence-corrected chi connectivity index (χ1v) is 9.37. The van der Waals surface area contributed by atoms with E-state index in [9.17, 15) is 9.59 Å². The number of hydrogen-bond acceptors (Lipinski definition) is 4. The van der Waals surface area contributed by atoms with E-state index in [-0.39, 0.29) is 5.91 Å². The minimum atomic E-state index is -0.538. The van der Waals surface area contributed by atoms with Crippen molar-refractivity contribution in [1.29, 1.82) is 0 Å². The highest BCUT2D eigenvalue weighted by Gasteiger charge is 2.15. The molecule has 0 unspecified atom stereocenters. The van der Waals surface area contributed by atoms with Crippen LogP contribution in [-0.2, 0) is 11.3 Å². The Morgan fingerprint density at radius 3 is 2.26 bits per heavy atom. The van der Waals surface area contributed by atoms with Gasteiger partial charge in [0.15, 0.2) is 5.11 Å². The van der Waals surface area contributed by atoms with Gasteiger partial charge in [-0.15, -0.1) is 0 Å². The monoisotopic (exact) mass is 394 g/mol. The van der Waals surface area contributed by atoms with E-state index in [0.717, 1.165) is 18.5 Å². The van der Waals surface area contributed by atoms with Crippen molar-refractivity contribution in [2.45, 2.75) is 53.2 Å². The fraction of sp³-hybridized carbons (Fsp3) is 0.526. The van der Waals surface area contributed by atoms with Gasteiger partial charge in [-0.25, -0.2) is 4.79 Å². The molecule has 0 saturated heterocycles. The number of amides is 2. The van der Waals surface area contributed by atoms with Gasteiger partial charge in [-0.1, -0.05) is 26.0 Å². The predicted molar refractivity (Wildman–Crippen MR) is 110 cm³/mol. The number of ether oxygens (including phenoxy) is 1. The third-order valence-corrected chi connectivity index (χ3v) is 3.60. The van der Waals surface area contributed by atoms with Gasteiger partial charge in [0.2, 0.25) is 0 Å². The Balaban J connectivity index is 2.39.